The van der Waals surface area contributed by atoms with Gasteiger partial charge in [-0.2, -0.15) is 0 Å². The molecule has 0 spiro atoms. The minimum absolute atomic E-state index is 0.120. The molecule has 0 aliphatic carbocycles. The van der Waals surface area contributed by atoms with Gasteiger partial charge < -0.3 is 0 Å². The van der Waals surface area contributed by atoms with Gasteiger partial charge in [0.25, 0.3) is 0 Å². The molecule has 26 heavy (non-hydrogen) atoms. The Morgan fingerprint density at radius 2 is 1.35 bits per heavy atom. The van der Waals surface area contributed by atoms with E-state index in [2.05, 4.69) is 80.4 Å². The van der Waals surface area contributed by atoms with Crippen molar-refractivity contribution < 1.29 is 4.92 Å². The average molecular weight is 361 g/mol. The summed E-state index contributed by atoms with van der Waals surface area (Å²) in [7, 11) is 0.507. The van der Waals surface area contributed by atoms with Gasteiger partial charge in [-0.25, -0.2) is 0 Å². The predicted molar refractivity (Wildman–Crippen MR) is 116 cm³/mol. The number of nitro benzene ring substituents is 1. The van der Waals surface area contributed by atoms with Crippen molar-refractivity contribution in [3.05, 3.63) is 107 Å². The van der Waals surface area contributed by atoms with Gasteiger partial charge >= 0.3 is 155 Å². The predicted octanol–water partition coefficient (Wildman–Crippen LogP) is 3.56. The van der Waals surface area contributed by atoms with Crippen LogP contribution < -0.4 is 10.6 Å². The van der Waals surface area contributed by atoms with Crippen LogP contribution in [-0.4, -0.2) is 18.7 Å². The van der Waals surface area contributed by atoms with Gasteiger partial charge in [0.1, 0.15) is 0 Å². The summed E-state index contributed by atoms with van der Waals surface area (Å²) in [4.78, 5) is 10.4. The molecule has 0 N–H and O–H groups in total. The Kier molecular flexibility index (Phi) is 5.65. The molecular formula is C21H21BNO2P. The number of nitro groups is 1. The first-order valence-electron chi connectivity index (χ1n) is 8.62. The molecule has 0 aliphatic rings. The van der Waals surface area contributed by atoms with Crippen LogP contribution in [0.15, 0.2) is 91.0 Å². The van der Waals surface area contributed by atoms with E-state index in [1.807, 2.05) is 0 Å². The van der Waals surface area contributed by atoms with Crippen molar-refractivity contribution in [2.24, 2.45) is 0 Å². The van der Waals surface area contributed by atoms with E-state index in [9.17, 15) is 10.1 Å². The van der Waals surface area contributed by atoms with E-state index in [-0.39, 0.29) is 10.6 Å². The molecule has 0 radical (unpaired) electrons. The van der Waals surface area contributed by atoms with Crippen LogP contribution in [0, 0.1) is 10.1 Å². The summed E-state index contributed by atoms with van der Waals surface area (Å²) in [6, 6.07) is 28.1. The summed E-state index contributed by atoms with van der Waals surface area (Å²) in [6.45, 7) is 0. The first-order chi connectivity index (χ1) is 12.6. The Morgan fingerprint density at radius 1 is 0.846 bits per heavy atom. The maximum atomic E-state index is 10.8. The van der Waals surface area contributed by atoms with Crippen LogP contribution >= 0.6 is 7.14 Å². The van der Waals surface area contributed by atoms with E-state index in [0.717, 1.165) is 11.7 Å². The molecule has 0 saturated carbocycles. The van der Waals surface area contributed by atoms with Crippen molar-refractivity contribution in [2.45, 2.75) is 0 Å². The van der Waals surface area contributed by atoms with E-state index < -0.39 is 7.14 Å². The van der Waals surface area contributed by atoms with Crippen molar-refractivity contribution in [1.29, 1.82) is 0 Å². The zero-order chi connectivity index (χ0) is 18.4. The van der Waals surface area contributed by atoms with Crippen LogP contribution in [0.25, 0.3) is 6.08 Å². The van der Waals surface area contributed by atoms with Crippen LogP contribution in [0.1, 0.15) is 5.56 Å². The number of nitrogens with zero attached hydrogens (tertiary/aromatic N) is 1. The molecule has 0 fully saturated rings. The third-order valence-electron chi connectivity index (χ3n) is 4.76. The van der Waals surface area contributed by atoms with Crippen LogP contribution in [0.4, 0.5) is 5.69 Å². The van der Waals surface area contributed by atoms with Crippen LogP contribution in [0.5, 0.6) is 0 Å². The van der Waals surface area contributed by atoms with Crippen LogP contribution in [0.2, 0.25) is 0 Å². The standard InChI is InChI=1S/C21H21BNO2P/c22-26(20-9-3-1-4-10-20,21-11-5-2-6-12-21)17-7-8-18-13-15-19(16-14-18)23(24)25/h1-16,26H,17,22H2/b8-7+. The zero-order valence-corrected chi connectivity index (χ0v) is 15.7. The molecule has 3 rings (SSSR count). The summed E-state index contributed by atoms with van der Waals surface area (Å²) in [6.07, 6.45) is 5.23. The molecule has 5 heteroatoms. The van der Waals surface area contributed by atoms with Gasteiger partial charge in [-0.1, -0.05) is 0 Å². The third kappa shape index (κ3) is 4.09. The Hall–Kier alpha value is -2.71. The molecular weight excluding hydrogens is 340 g/mol. The normalized spacial score (nSPS) is 12.2. The third-order valence-corrected chi connectivity index (χ3v) is 9.03. The zero-order valence-electron chi connectivity index (χ0n) is 14.7. The van der Waals surface area contributed by atoms with Gasteiger partial charge in [0.2, 0.25) is 0 Å². The van der Waals surface area contributed by atoms with Gasteiger partial charge in [0.05, 0.1) is 0 Å². The number of benzene rings is 3. The van der Waals surface area contributed by atoms with Crippen molar-refractivity contribution >= 4 is 37.1 Å². The Balaban J connectivity index is 1.86. The molecule has 0 unspecified atom stereocenters. The fourth-order valence-corrected chi connectivity index (χ4v) is 6.40. The van der Waals surface area contributed by atoms with Gasteiger partial charge in [0, 0.05) is 0 Å². The fraction of sp³-hybridized carbons (Fsp3) is 0.0476. The van der Waals surface area contributed by atoms with E-state index >= 15 is 0 Å². The van der Waals surface area contributed by atoms with Gasteiger partial charge in [0.15, 0.2) is 0 Å². The summed E-state index contributed by atoms with van der Waals surface area (Å²) < 4.78 is 0. The van der Waals surface area contributed by atoms with E-state index in [4.69, 9.17) is 0 Å². The van der Waals surface area contributed by atoms with Crippen LogP contribution in [-0.2, 0) is 0 Å². The van der Waals surface area contributed by atoms with E-state index in [1.54, 1.807) is 24.3 Å². The van der Waals surface area contributed by atoms with E-state index in [0.29, 0.717) is 0 Å². The molecule has 3 aromatic rings. The fourth-order valence-electron chi connectivity index (χ4n) is 3.15. The molecule has 130 valence electrons. The number of allylic oxidation sites excluding steroid dienone is 1. The Morgan fingerprint density at radius 3 is 1.81 bits per heavy atom. The van der Waals surface area contributed by atoms with Crippen molar-refractivity contribution in [1.82, 2.24) is 0 Å². The number of hydrogen-bond acceptors (Lipinski definition) is 2. The minimum atomic E-state index is -1.88. The number of hydrogen-bond donors (Lipinski definition) is 0. The molecule has 0 amide bonds. The SMILES string of the molecule is B[PH](C/C=C/c1ccc([N+](=O)[O-])cc1)(c1ccccc1)c1ccccc1. The summed E-state index contributed by atoms with van der Waals surface area (Å²) >= 11 is 0. The molecule has 0 aliphatic heterocycles. The summed E-state index contributed by atoms with van der Waals surface area (Å²) in [5, 5.41) is 13.6. The molecule has 0 heterocycles. The molecule has 0 aromatic heterocycles. The topological polar surface area (TPSA) is 43.1 Å². The van der Waals surface area contributed by atoms with Gasteiger partial charge in [-0.3, -0.25) is 0 Å². The Labute approximate surface area is 155 Å². The summed E-state index contributed by atoms with van der Waals surface area (Å²) in [5.41, 5.74) is 1.10. The van der Waals surface area contributed by atoms with Gasteiger partial charge in [-0.15, -0.1) is 0 Å². The second-order valence-electron chi connectivity index (χ2n) is 6.52. The first kappa shape index (κ1) is 18.1. The molecule has 0 atom stereocenters. The molecule has 3 nitrogen and oxygen atoms in total. The van der Waals surface area contributed by atoms with Crippen molar-refractivity contribution in [2.75, 3.05) is 6.16 Å². The summed E-state index contributed by atoms with van der Waals surface area (Å²) in [5.74, 6) is 0. The average Bonchev–Trinajstić information content (AvgIpc) is 2.69. The molecule has 3 aromatic carbocycles. The quantitative estimate of drug-likeness (QED) is 0.292. The second-order valence-corrected chi connectivity index (χ2v) is 10.7. The van der Waals surface area contributed by atoms with Crippen LogP contribution in [0.3, 0.4) is 0 Å². The number of non-ortho nitro benzene ring substituents is 1. The van der Waals surface area contributed by atoms with Crippen molar-refractivity contribution in [3.63, 3.8) is 0 Å². The maximum absolute atomic E-state index is 10.8. The second kappa shape index (κ2) is 8.12. The van der Waals surface area contributed by atoms with Gasteiger partial charge in [-0.05, 0) is 0 Å². The molecule has 0 bridgehead atoms. The Bertz CT molecular complexity index is 857. The first-order valence-corrected chi connectivity index (χ1v) is 11.3. The monoisotopic (exact) mass is 361 g/mol. The number of rotatable bonds is 6. The van der Waals surface area contributed by atoms with E-state index in [1.165, 1.54) is 10.6 Å². The van der Waals surface area contributed by atoms with Crippen molar-refractivity contribution in [3.8, 4) is 0 Å². The molecule has 0 saturated heterocycles.